The van der Waals surface area contributed by atoms with Crippen molar-refractivity contribution in [3.8, 4) is 0 Å². The van der Waals surface area contributed by atoms with E-state index in [0.29, 0.717) is 22.5 Å². The molecule has 1 aromatic carbocycles. The molecule has 1 N–H and O–H groups in total. The standard InChI is InChI=1S/C29H41N3O4/c1-11-16-32(29(35)30-25-22(17(3)4)14-13-15-23(25)18(5)6)21(9)27(33)24-19(7)26(28(34)36-12-2)31(10)20(24)8/h11,13-15,17-18,21H,1,12,16H2,2-10H3,(H,30,35). The highest BCUT2D eigenvalue weighted by Gasteiger charge is 2.32. The van der Waals surface area contributed by atoms with E-state index in [1.807, 2.05) is 18.2 Å². The Morgan fingerprint density at radius 3 is 2.11 bits per heavy atom. The van der Waals surface area contributed by atoms with Crippen LogP contribution in [0.15, 0.2) is 30.9 Å². The minimum absolute atomic E-state index is 0.190. The highest BCUT2D eigenvalue weighted by atomic mass is 16.5. The molecular weight excluding hydrogens is 454 g/mol. The topological polar surface area (TPSA) is 80.6 Å². The highest BCUT2D eigenvalue weighted by Crippen LogP contribution is 2.33. The zero-order valence-electron chi connectivity index (χ0n) is 23.2. The molecule has 1 atom stereocenters. The van der Waals surface area contributed by atoms with E-state index in [9.17, 15) is 14.4 Å². The van der Waals surface area contributed by atoms with E-state index >= 15 is 0 Å². The minimum atomic E-state index is -0.786. The second-order valence-electron chi connectivity index (χ2n) is 9.75. The SMILES string of the molecule is C=CCN(C(=O)Nc1c(C(C)C)cccc1C(C)C)C(C)C(=O)c1c(C)c(C(=O)OCC)n(C)c1C. The maximum atomic E-state index is 13.7. The van der Waals surface area contributed by atoms with Gasteiger partial charge >= 0.3 is 12.0 Å². The summed E-state index contributed by atoms with van der Waals surface area (Å²) in [6.07, 6.45) is 1.61. The predicted octanol–water partition coefficient (Wildman–Crippen LogP) is 6.36. The molecule has 36 heavy (non-hydrogen) atoms. The van der Waals surface area contributed by atoms with Crippen LogP contribution in [0.25, 0.3) is 0 Å². The number of esters is 1. The van der Waals surface area contributed by atoms with Gasteiger partial charge in [0.1, 0.15) is 5.69 Å². The zero-order chi connectivity index (χ0) is 27.3. The number of anilines is 1. The molecule has 0 aliphatic heterocycles. The second kappa shape index (κ2) is 12.1. The fourth-order valence-electron chi connectivity index (χ4n) is 4.61. The first-order chi connectivity index (χ1) is 16.9. The lowest BCUT2D eigenvalue weighted by molar-refractivity contribution is 0.0514. The van der Waals surface area contributed by atoms with Crippen molar-refractivity contribution in [3.05, 3.63) is 64.5 Å². The summed E-state index contributed by atoms with van der Waals surface area (Å²) < 4.78 is 6.87. The van der Waals surface area contributed by atoms with Crippen molar-refractivity contribution in [1.29, 1.82) is 0 Å². The molecule has 2 rings (SSSR count). The van der Waals surface area contributed by atoms with Gasteiger partial charge in [-0.3, -0.25) is 4.79 Å². The molecule has 0 spiro atoms. The predicted molar refractivity (Wildman–Crippen MR) is 145 cm³/mol. The Kier molecular flexibility index (Phi) is 9.68. The van der Waals surface area contributed by atoms with E-state index < -0.39 is 12.0 Å². The smallest absolute Gasteiger partial charge is 0.355 e. The monoisotopic (exact) mass is 495 g/mol. The van der Waals surface area contributed by atoms with Gasteiger partial charge in [-0.25, -0.2) is 9.59 Å². The van der Waals surface area contributed by atoms with Gasteiger partial charge in [0.25, 0.3) is 0 Å². The zero-order valence-corrected chi connectivity index (χ0v) is 23.2. The minimum Gasteiger partial charge on any atom is -0.461 e. The lowest BCUT2D eigenvalue weighted by Crippen LogP contribution is -2.46. The number of nitrogens with one attached hydrogen (secondary N) is 1. The summed E-state index contributed by atoms with van der Waals surface area (Å²) in [5.74, 6) is -0.294. The van der Waals surface area contributed by atoms with Gasteiger partial charge in [0.2, 0.25) is 0 Å². The fourth-order valence-corrected chi connectivity index (χ4v) is 4.61. The number of nitrogens with zero attached hydrogens (tertiary/aromatic N) is 2. The van der Waals surface area contributed by atoms with Crippen molar-refractivity contribution < 1.29 is 19.1 Å². The molecule has 7 heteroatoms. The van der Waals surface area contributed by atoms with E-state index in [4.69, 9.17) is 4.74 Å². The van der Waals surface area contributed by atoms with E-state index in [2.05, 4.69) is 39.6 Å². The number of carbonyl (C=O) groups is 3. The quantitative estimate of drug-likeness (QED) is 0.236. The Bertz CT molecular complexity index is 1120. The first-order valence-corrected chi connectivity index (χ1v) is 12.6. The van der Waals surface area contributed by atoms with Crippen LogP contribution >= 0.6 is 0 Å². The molecule has 0 radical (unpaired) electrons. The number of rotatable bonds is 10. The van der Waals surface area contributed by atoms with Gasteiger partial charge in [-0.1, -0.05) is 52.0 Å². The van der Waals surface area contributed by atoms with E-state index in [-0.39, 0.29) is 36.8 Å². The molecule has 0 aliphatic rings. The third kappa shape index (κ3) is 5.72. The number of Topliss-reactive ketones (excluding diaryl/α,β-unsaturated/α-hetero) is 1. The van der Waals surface area contributed by atoms with Gasteiger partial charge in [0.05, 0.1) is 12.6 Å². The first-order valence-electron chi connectivity index (χ1n) is 12.6. The first kappa shape index (κ1) is 28.9. The van der Waals surface area contributed by atoms with E-state index in [1.54, 1.807) is 45.4 Å². The van der Waals surface area contributed by atoms with Gasteiger partial charge in [-0.05, 0) is 56.2 Å². The summed E-state index contributed by atoms with van der Waals surface area (Å²) in [4.78, 5) is 41.3. The van der Waals surface area contributed by atoms with Crippen molar-refractivity contribution >= 4 is 23.5 Å². The largest absolute Gasteiger partial charge is 0.461 e. The molecule has 0 fully saturated rings. The fraction of sp³-hybridized carbons (Fsp3) is 0.483. The van der Waals surface area contributed by atoms with Gasteiger partial charge in [0.15, 0.2) is 5.78 Å². The number of hydrogen-bond donors (Lipinski definition) is 1. The van der Waals surface area contributed by atoms with Crippen LogP contribution in [-0.4, -0.2) is 46.4 Å². The van der Waals surface area contributed by atoms with E-state index in [1.165, 1.54) is 4.90 Å². The summed E-state index contributed by atoms with van der Waals surface area (Å²) >= 11 is 0. The molecule has 0 aliphatic carbocycles. The highest BCUT2D eigenvalue weighted by molar-refractivity contribution is 6.07. The Labute approximate surface area is 215 Å². The van der Waals surface area contributed by atoms with Gasteiger partial charge in [-0.15, -0.1) is 6.58 Å². The summed E-state index contributed by atoms with van der Waals surface area (Å²) in [7, 11) is 1.74. The molecule has 1 aromatic heterocycles. The van der Waals surface area contributed by atoms with Crippen molar-refractivity contribution in [3.63, 3.8) is 0 Å². The van der Waals surface area contributed by atoms with Gasteiger partial charge in [0, 0.05) is 30.5 Å². The van der Waals surface area contributed by atoms with Crippen LogP contribution in [0.1, 0.15) is 96.6 Å². The molecule has 0 saturated carbocycles. The van der Waals surface area contributed by atoms with Gasteiger partial charge < -0.3 is 19.5 Å². The molecule has 7 nitrogen and oxygen atoms in total. The number of urea groups is 1. The number of benzene rings is 1. The summed E-state index contributed by atoms with van der Waals surface area (Å²) in [6.45, 7) is 19.6. The van der Waals surface area contributed by atoms with Crippen molar-refractivity contribution in [2.75, 3.05) is 18.5 Å². The molecule has 0 bridgehead atoms. The molecular formula is C29H41N3O4. The Hall–Kier alpha value is -3.35. The van der Waals surface area contributed by atoms with Crippen molar-refractivity contribution in [2.24, 2.45) is 7.05 Å². The number of ether oxygens (including phenoxy) is 1. The summed E-state index contributed by atoms with van der Waals surface area (Å²) in [6, 6.07) is 4.89. The maximum absolute atomic E-state index is 13.7. The second-order valence-corrected chi connectivity index (χ2v) is 9.75. The number of carbonyl (C=O) groups excluding carboxylic acids is 3. The third-order valence-electron chi connectivity index (χ3n) is 6.68. The van der Waals surface area contributed by atoms with Crippen LogP contribution in [0.5, 0.6) is 0 Å². The normalized spacial score (nSPS) is 12.0. The lowest BCUT2D eigenvalue weighted by atomic mass is 9.92. The average Bonchev–Trinajstić information content (AvgIpc) is 3.04. The van der Waals surface area contributed by atoms with Crippen LogP contribution in [0.3, 0.4) is 0 Å². The summed E-state index contributed by atoms with van der Waals surface area (Å²) in [5.41, 5.74) is 4.85. The van der Waals surface area contributed by atoms with Gasteiger partial charge in [-0.2, -0.15) is 0 Å². The molecule has 2 aromatic rings. The maximum Gasteiger partial charge on any atom is 0.355 e. The number of para-hydroxylation sites is 1. The molecule has 1 heterocycles. The van der Waals surface area contributed by atoms with Crippen LogP contribution in [0.4, 0.5) is 10.5 Å². The van der Waals surface area contributed by atoms with Crippen LogP contribution in [-0.2, 0) is 11.8 Å². The number of hydrogen-bond acceptors (Lipinski definition) is 4. The Morgan fingerprint density at radius 1 is 1.08 bits per heavy atom. The third-order valence-corrected chi connectivity index (χ3v) is 6.68. The number of amides is 2. The van der Waals surface area contributed by atoms with Crippen LogP contribution < -0.4 is 5.32 Å². The number of ketones is 1. The van der Waals surface area contributed by atoms with Crippen molar-refractivity contribution in [2.45, 2.75) is 73.3 Å². The van der Waals surface area contributed by atoms with Crippen LogP contribution in [0, 0.1) is 13.8 Å². The Balaban J connectivity index is 2.47. The summed E-state index contributed by atoms with van der Waals surface area (Å²) in [5, 5.41) is 3.10. The molecule has 0 saturated heterocycles. The number of aromatic nitrogens is 1. The lowest BCUT2D eigenvalue weighted by Gasteiger charge is -2.29. The average molecular weight is 496 g/mol. The van der Waals surface area contributed by atoms with E-state index in [0.717, 1.165) is 16.8 Å². The molecule has 1 unspecified atom stereocenters. The van der Waals surface area contributed by atoms with Crippen molar-refractivity contribution in [1.82, 2.24) is 9.47 Å². The van der Waals surface area contributed by atoms with Crippen LogP contribution in [0.2, 0.25) is 0 Å². The molecule has 2 amide bonds. The molecule has 196 valence electrons. The Morgan fingerprint density at radius 2 is 1.64 bits per heavy atom.